The fourth-order valence-corrected chi connectivity index (χ4v) is 1.74. The van der Waals surface area contributed by atoms with E-state index in [1.165, 1.54) is 18.3 Å². The molecule has 6 heteroatoms. The summed E-state index contributed by atoms with van der Waals surface area (Å²) in [4.78, 5) is 26.4. The van der Waals surface area contributed by atoms with Gasteiger partial charge in [-0.25, -0.2) is 4.79 Å². The fourth-order valence-electron chi connectivity index (χ4n) is 1.55. The summed E-state index contributed by atoms with van der Waals surface area (Å²) in [5, 5.41) is 11.6. The molecule has 0 fully saturated rings. The van der Waals surface area contributed by atoms with E-state index >= 15 is 0 Å². The van der Waals surface area contributed by atoms with Crippen molar-refractivity contribution in [1.29, 1.82) is 0 Å². The Kier molecular flexibility index (Phi) is 4.68. The molecule has 0 bridgehead atoms. The summed E-state index contributed by atoms with van der Waals surface area (Å²) in [5.74, 6) is -1.44. The minimum atomic E-state index is -1.05. The predicted octanol–water partition coefficient (Wildman–Crippen LogP) is 3.09. The minimum absolute atomic E-state index is 0.211. The summed E-state index contributed by atoms with van der Waals surface area (Å²) in [5.41, 5.74) is 1.30. The van der Waals surface area contributed by atoms with Gasteiger partial charge in [-0.3, -0.25) is 9.78 Å². The van der Waals surface area contributed by atoms with Crippen LogP contribution in [-0.4, -0.2) is 22.0 Å². The van der Waals surface area contributed by atoms with Gasteiger partial charge in [-0.1, -0.05) is 29.8 Å². The third-order valence-corrected chi connectivity index (χ3v) is 2.89. The molecule has 1 aromatic carbocycles. The molecule has 0 unspecified atom stereocenters. The first-order valence-corrected chi connectivity index (χ1v) is 6.37. The second-order valence-corrected chi connectivity index (χ2v) is 4.49. The van der Waals surface area contributed by atoms with Crippen molar-refractivity contribution in [2.45, 2.75) is 0 Å². The van der Waals surface area contributed by atoms with Crippen molar-refractivity contribution in [3.8, 4) is 0 Å². The van der Waals surface area contributed by atoms with Crippen molar-refractivity contribution in [3.63, 3.8) is 0 Å². The molecule has 0 saturated heterocycles. The Balaban J connectivity index is 2.10. The third-order valence-electron chi connectivity index (χ3n) is 2.56. The van der Waals surface area contributed by atoms with Crippen molar-refractivity contribution in [3.05, 3.63) is 65.0 Å². The lowest BCUT2D eigenvalue weighted by Gasteiger charge is -2.06. The van der Waals surface area contributed by atoms with Crippen molar-refractivity contribution in [1.82, 2.24) is 4.98 Å². The van der Waals surface area contributed by atoms with E-state index < -0.39 is 11.9 Å². The zero-order valence-corrected chi connectivity index (χ0v) is 11.5. The van der Waals surface area contributed by atoms with E-state index in [2.05, 4.69) is 10.3 Å². The summed E-state index contributed by atoms with van der Waals surface area (Å²) >= 11 is 5.95. The molecule has 0 aliphatic rings. The number of amides is 1. The number of nitrogens with one attached hydrogen (secondary N) is 1. The summed E-state index contributed by atoms with van der Waals surface area (Å²) in [6.45, 7) is 0. The van der Waals surface area contributed by atoms with Gasteiger partial charge in [-0.15, -0.1) is 0 Å². The first-order valence-electron chi connectivity index (χ1n) is 5.99. The molecule has 0 atom stereocenters. The highest BCUT2D eigenvalue weighted by Crippen LogP contribution is 2.20. The van der Waals surface area contributed by atoms with Crippen LogP contribution in [0, 0.1) is 0 Å². The van der Waals surface area contributed by atoms with Crippen LogP contribution in [0.1, 0.15) is 16.1 Å². The molecule has 2 rings (SSSR count). The Labute approximate surface area is 125 Å². The second-order valence-electron chi connectivity index (χ2n) is 4.08. The molecule has 1 amide bonds. The molecule has 0 aliphatic heterocycles. The average molecular weight is 303 g/mol. The van der Waals surface area contributed by atoms with Crippen molar-refractivity contribution in [2.24, 2.45) is 0 Å². The van der Waals surface area contributed by atoms with E-state index in [4.69, 9.17) is 16.7 Å². The minimum Gasteiger partial charge on any atom is -0.478 e. The van der Waals surface area contributed by atoms with E-state index in [1.54, 1.807) is 30.3 Å². The predicted molar refractivity (Wildman–Crippen MR) is 80.3 cm³/mol. The molecule has 0 spiro atoms. The number of para-hydroxylation sites is 1. The number of pyridine rings is 1. The van der Waals surface area contributed by atoms with Gasteiger partial charge in [0.2, 0.25) is 0 Å². The molecule has 0 saturated carbocycles. The summed E-state index contributed by atoms with van der Waals surface area (Å²) in [6.07, 6.45) is 3.81. The first-order chi connectivity index (χ1) is 10.1. The largest absolute Gasteiger partial charge is 0.478 e. The number of hydrogen-bond donors (Lipinski definition) is 2. The van der Waals surface area contributed by atoms with Crippen LogP contribution in [0.4, 0.5) is 5.69 Å². The number of halogens is 1. The molecular formula is C15H11ClN2O3. The lowest BCUT2D eigenvalue weighted by atomic mass is 10.2. The number of carboxylic acid groups (broad SMARTS) is 1. The number of hydrogen-bond acceptors (Lipinski definition) is 3. The Bertz CT molecular complexity index is 696. The fraction of sp³-hybridized carbons (Fsp3) is 0. The average Bonchev–Trinajstić information content (AvgIpc) is 2.48. The van der Waals surface area contributed by atoms with Gasteiger partial charge < -0.3 is 10.4 Å². The topological polar surface area (TPSA) is 79.3 Å². The standard InChI is InChI=1S/C15H11ClN2O3/c16-11-3-1-2-4-12(11)18-15(21)13-7-5-10(9-17-13)6-8-14(19)20/h1-9H,(H,18,21)(H,19,20). The number of aliphatic carboxylic acids is 1. The Hall–Kier alpha value is -2.66. The number of aromatic nitrogens is 1. The summed E-state index contributed by atoms with van der Waals surface area (Å²) < 4.78 is 0. The lowest BCUT2D eigenvalue weighted by Crippen LogP contribution is -2.13. The van der Waals surface area contributed by atoms with Crippen LogP contribution in [0.15, 0.2) is 48.7 Å². The van der Waals surface area contributed by atoms with Crippen molar-refractivity contribution < 1.29 is 14.7 Å². The van der Waals surface area contributed by atoms with Crippen LogP contribution in [0.2, 0.25) is 5.02 Å². The molecular weight excluding hydrogens is 292 g/mol. The molecule has 2 aromatic rings. The van der Waals surface area contributed by atoms with E-state index in [9.17, 15) is 9.59 Å². The molecule has 0 radical (unpaired) electrons. The highest BCUT2D eigenvalue weighted by Gasteiger charge is 2.09. The number of carbonyl (C=O) groups is 2. The van der Waals surface area contributed by atoms with Crippen LogP contribution in [0.3, 0.4) is 0 Å². The molecule has 5 nitrogen and oxygen atoms in total. The Morgan fingerprint density at radius 1 is 1.19 bits per heavy atom. The van der Waals surface area contributed by atoms with Gasteiger partial charge in [0.15, 0.2) is 0 Å². The summed E-state index contributed by atoms with van der Waals surface area (Å²) in [7, 11) is 0. The number of carboxylic acids is 1. The second kappa shape index (κ2) is 6.67. The third kappa shape index (κ3) is 4.15. The first kappa shape index (κ1) is 14.7. The maximum absolute atomic E-state index is 12.0. The van der Waals surface area contributed by atoms with E-state index in [0.29, 0.717) is 16.3 Å². The molecule has 1 heterocycles. The van der Waals surface area contributed by atoms with E-state index in [1.807, 2.05) is 0 Å². The zero-order chi connectivity index (χ0) is 15.2. The van der Waals surface area contributed by atoms with Crippen molar-refractivity contribution >= 4 is 35.2 Å². The molecule has 1 aromatic heterocycles. The maximum atomic E-state index is 12.0. The number of carbonyl (C=O) groups excluding carboxylic acids is 1. The smallest absolute Gasteiger partial charge is 0.328 e. The van der Waals surface area contributed by atoms with Gasteiger partial charge >= 0.3 is 5.97 Å². The number of benzene rings is 1. The normalized spacial score (nSPS) is 10.5. The zero-order valence-electron chi connectivity index (χ0n) is 10.8. The monoisotopic (exact) mass is 302 g/mol. The van der Waals surface area contributed by atoms with Crippen LogP contribution in [-0.2, 0) is 4.79 Å². The number of nitrogens with zero attached hydrogens (tertiary/aromatic N) is 1. The van der Waals surface area contributed by atoms with Gasteiger partial charge in [0.05, 0.1) is 10.7 Å². The lowest BCUT2D eigenvalue weighted by molar-refractivity contribution is -0.131. The molecule has 106 valence electrons. The highest BCUT2D eigenvalue weighted by atomic mass is 35.5. The Morgan fingerprint density at radius 3 is 2.57 bits per heavy atom. The van der Waals surface area contributed by atoms with Crippen LogP contribution in [0.25, 0.3) is 6.08 Å². The van der Waals surface area contributed by atoms with Crippen LogP contribution < -0.4 is 5.32 Å². The molecule has 21 heavy (non-hydrogen) atoms. The number of anilines is 1. The number of rotatable bonds is 4. The van der Waals surface area contributed by atoms with Crippen molar-refractivity contribution in [2.75, 3.05) is 5.32 Å². The van der Waals surface area contributed by atoms with Gasteiger partial charge in [0.25, 0.3) is 5.91 Å². The van der Waals surface area contributed by atoms with Gasteiger partial charge in [-0.2, -0.15) is 0 Å². The summed E-state index contributed by atoms with van der Waals surface area (Å²) in [6, 6.07) is 9.99. The molecule has 0 aliphatic carbocycles. The van der Waals surface area contributed by atoms with E-state index in [-0.39, 0.29) is 5.69 Å². The highest BCUT2D eigenvalue weighted by molar-refractivity contribution is 6.33. The maximum Gasteiger partial charge on any atom is 0.328 e. The quantitative estimate of drug-likeness (QED) is 0.851. The molecule has 2 N–H and O–H groups in total. The van der Waals surface area contributed by atoms with E-state index in [0.717, 1.165) is 6.08 Å². The van der Waals surface area contributed by atoms with Gasteiger partial charge in [-0.05, 0) is 29.8 Å². The Morgan fingerprint density at radius 2 is 1.95 bits per heavy atom. The van der Waals surface area contributed by atoms with Crippen LogP contribution in [0.5, 0.6) is 0 Å². The van der Waals surface area contributed by atoms with Crippen LogP contribution >= 0.6 is 11.6 Å². The van der Waals surface area contributed by atoms with Gasteiger partial charge in [0.1, 0.15) is 5.69 Å². The SMILES string of the molecule is O=C(O)C=Cc1ccc(C(=O)Nc2ccccc2Cl)nc1. The van der Waals surface area contributed by atoms with Gasteiger partial charge in [0, 0.05) is 12.3 Å².